The quantitative estimate of drug-likeness (QED) is 0.565. The van der Waals surface area contributed by atoms with Crippen molar-refractivity contribution in [2.45, 2.75) is 26.8 Å². The zero-order valence-electron chi connectivity index (χ0n) is 12.1. The third kappa shape index (κ3) is 4.35. The first-order valence-corrected chi connectivity index (χ1v) is 6.33. The van der Waals surface area contributed by atoms with Crippen molar-refractivity contribution in [3.63, 3.8) is 0 Å². The Morgan fingerprint density at radius 1 is 1.38 bits per heavy atom. The van der Waals surface area contributed by atoms with Gasteiger partial charge in [-0.2, -0.15) is 5.26 Å². The van der Waals surface area contributed by atoms with E-state index in [1.807, 2.05) is 32.0 Å². The van der Waals surface area contributed by atoms with Crippen LogP contribution in [0.2, 0.25) is 0 Å². The minimum Gasteiger partial charge on any atom is -0.480 e. The van der Waals surface area contributed by atoms with Crippen molar-refractivity contribution >= 4 is 17.6 Å². The summed E-state index contributed by atoms with van der Waals surface area (Å²) in [5, 5.41) is 22.8. The lowest BCUT2D eigenvalue weighted by Crippen LogP contribution is -2.39. The maximum atomic E-state index is 11.8. The van der Waals surface area contributed by atoms with Gasteiger partial charge in [-0.05, 0) is 38.0 Å². The van der Waals surface area contributed by atoms with Crippen LogP contribution in [0.15, 0.2) is 30.0 Å². The van der Waals surface area contributed by atoms with Crippen LogP contribution in [0.4, 0.5) is 5.69 Å². The number of hydrogen-bond donors (Lipinski definition) is 3. The molecule has 110 valence electrons. The van der Waals surface area contributed by atoms with Crippen LogP contribution in [0.3, 0.4) is 0 Å². The molecule has 0 radical (unpaired) electrons. The molecule has 6 heteroatoms. The molecular formula is C15H17N3O3. The molecule has 0 saturated carbocycles. The number of carboxylic acid groups (broad SMARTS) is 1. The number of amides is 1. The lowest BCUT2D eigenvalue weighted by molar-refractivity contribution is -0.140. The van der Waals surface area contributed by atoms with Gasteiger partial charge >= 0.3 is 5.97 Å². The third-order valence-electron chi connectivity index (χ3n) is 3.06. The summed E-state index contributed by atoms with van der Waals surface area (Å²) in [6.45, 7) is 5.20. The molecule has 0 aliphatic rings. The fraction of sp³-hybridized carbons (Fsp3) is 0.267. The van der Waals surface area contributed by atoms with E-state index >= 15 is 0 Å². The summed E-state index contributed by atoms with van der Waals surface area (Å²) in [7, 11) is 0. The minimum atomic E-state index is -1.16. The molecule has 0 aromatic heterocycles. The molecule has 1 amide bonds. The second-order valence-corrected chi connectivity index (χ2v) is 4.60. The minimum absolute atomic E-state index is 0.191. The Hall–Kier alpha value is -2.81. The van der Waals surface area contributed by atoms with Gasteiger partial charge in [0.05, 0.1) is 0 Å². The first-order chi connectivity index (χ1) is 9.86. The summed E-state index contributed by atoms with van der Waals surface area (Å²) in [6, 6.07) is 6.32. The summed E-state index contributed by atoms with van der Waals surface area (Å²) in [4.78, 5) is 22.4. The van der Waals surface area contributed by atoms with Crippen molar-refractivity contribution in [3.8, 4) is 6.07 Å². The van der Waals surface area contributed by atoms with Crippen LogP contribution in [0.1, 0.15) is 18.1 Å². The lowest BCUT2D eigenvalue weighted by atomic mass is 10.1. The molecule has 0 aliphatic heterocycles. The number of nitriles is 1. The Bertz CT molecular complexity index is 630. The fourth-order valence-electron chi connectivity index (χ4n) is 1.54. The highest BCUT2D eigenvalue weighted by atomic mass is 16.4. The molecule has 6 nitrogen and oxygen atoms in total. The smallest absolute Gasteiger partial charge is 0.325 e. The average molecular weight is 287 g/mol. The van der Waals surface area contributed by atoms with E-state index in [1.165, 1.54) is 13.1 Å². The molecule has 1 unspecified atom stereocenters. The molecule has 21 heavy (non-hydrogen) atoms. The number of carboxylic acids is 1. The van der Waals surface area contributed by atoms with Gasteiger partial charge in [0.2, 0.25) is 0 Å². The number of hydrogen-bond acceptors (Lipinski definition) is 4. The van der Waals surface area contributed by atoms with Gasteiger partial charge < -0.3 is 15.7 Å². The van der Waals surface area contributed by atoms with E-state index in [9.17, 15) is 9.59 Å². The standard InChI is InChI=1S/C15H17N3O3/c1-9-5-4-6-13(10(9)2)17-8-12(7-16)14(19)18-11(3)15(20)21/h4-6,8,11,17H,1-3H3,(H,18,19)(H,20,21)/b12-8-. The Morgan fingerprint density at radius 2 is 2.05 bits per heavy atom. The van der Waals surface area contributed by atoms with Gasteiger partial charge in [-0.25, -0.2) is 0 Å². The fourth-order valence-corrected chi connectivity index (χ4v) is 1.54. The largest absolute Gasteiger partial charge is 0.480 e. The van der Waals surface area contributed by atoms with Gasteiger partial charge in [0.1, 0.15) is 17.7 Å². The molecule has 0 fully saturated rings. The number of nitrogens with one attached hydrogen (secondary N) is 2. The predicted octanol–water partition coefficient (Wildman–Crippen LogP) is 1.71. The molecular weight excluding hydrogens is 270 g/mol. The average Bonchev–Trinajstić information content (AvgIpc) is 2.43. The van der Waals surface area contributed by atoms with Gasteiger partial charge in [-0.3, -0.25) is 9.59 Å². The van der Waals surface area contributed by atoms with Crippen LogP contribution in [-0.4, -0.2) is 23.0 Å². The summed E-state index contributed by atoms with van der Waals surface area (Å²) in [5.74, 6) is -1.90. The van der Waals surface area contributed by atoms with E-state index in [-0.39, 0.29) is 5.57 Å². The second-order valence-electron chi connectivity index (χ2n) is 4.60. The molecule has 0 bridgehead atoms. The normalized spacial score (nSPS) is 12.2. The maximum Gasteiger partial charge on any atom is 0.325 e. The van der Waals surface area contributed by atoms with Crippen LogP contribution < -0.4 is 10.6 Å². The summed E-state index contributed by atoms with van der Waals surface area (Å²) >= 11 is 0. The van der Waals surface area contributed by atoms with E-state index in [0.29, 0.717) is 0 Å². The molecule has 3 N–H and O–H groups in total. The SMILES string of the molecule is Cc1cccc(N/C=C(/C#N)C(=O)NC(C)C(=O)O)c1C. The van der Waals surface area contributed by atoms with Crippen LogP contribution >= 0.6 is 0 Å². The molecule has 1 atom stereocenters. The molecule has 0 heterocycles. The topological polar surface area (TPSA) is 102 Å². The van der Waals surface area contributed by atoms with E-state index in [1.54, 1.807) is 6.07 Å². The van der Waals surface area contributed by atoms with Crippen LogP contribution in [-0.2, 0) is 9.59 Å². The Labute approximate surface area is 123 Å². The Kier molecular flexibility index (Phi) is 5.49. The first kappa shape index (κ1) is 16.2. The monoisotopic (exact) mass is 287 g/mol. The van der Waals surface area contributed by atoms with Crippen LogP contribution in [0, 0.1) is 25.2 Å². The number of anilines is 1. The number of aliphatic carboxylic acids is 1. The second kappa shape index (κ2) is 7.10. The molecule has 1 aromatic rings. The van der Waals surface area contributed by atoms with Crippen LogP contribution in [0.5, 0.6) is 0 Å². The van der Waals surface area contributed by atoms with Gasteiger partial charge in [0.25, 0.3) is 5.91 Å². The Morgan fingerprint density at radius 3 is 2.62 bits per heavy atom. The third-order valence-corrected chi connectivity index (χ3v) is 3.06. The van der Waals surface area contributed by atoms with Gasteiger partial charge in [0.15, 0.2) is 0 Å². The van der Waals surface area contributed by atoms with E-state index in [4.69, 9.17) is 10.4 Å². The van der Waals surface area contributed by atoms with Crippen molar-refractivity contribution in [2.75, 3.05) is 5.32 Å². The van der Waals surface area contributed by atoms with Crippen molar-refractivity contribution in [3.05, 3.63) is 41.1 Å². The zero-order valence-corrected chi connectivity index (χ0v) is 12.1. The predicted molar refractivity (Wildman–Crippen MR) is 78.5 cm³/mol. The lowest BCUT2D eigenvalue weighted by Gasteiger charge is -2.10. The molecule has 1 rings (SSSR count). The van der Waals surface area contributed by atoms with E-state index in [2.05, 4.69) is 10.6 Å². The number of aryl methyl sites for hydroxylation is 1. The van der Waals surface area contributed by atoms with E-state index < -0.39 is 17.9 Å². The molecule has 0 spiro atoms. The van der Waals surface area contributed by atoms with Crippen molar-refractivity contribution in [1.82, 2.24) is 5.32 Å². The van der Waals surface area contributed by atoms with Crippen molar-refractivity contribution in [1.29, 1.82) is 5.26 Å². The number of benzene rings is 1. The van der Waals surface area contributed by atoms with Gasteiger partial charge in [-0.15, -0.1) is 0 Å². The maximum absolute atomic E-state index is 11.8. The number of carbonyl (C=O) groups is 2. The highest BCUT2D eigenvalue weighted by molar-refractivity contribution is 5.99. The molecule has 1 aromatic carbocycles. The Balaban J connectivity index is 2.85. The van der Waals surface area contributed by atoms with Crippen molar-refractivity contribution < 1.29 is 14.7 Å². The van der Waals surface area contributed by atoms with Crippen LogP contribution in [0.25, 0.3) is 0 Å². The highest BCUT2D eigenvalue weighted by Crippen LogP contribution is 2.18. The number of rotatable bonds is 5. The summed E-state index contributed by atoms with van der Waals surface area (Å²) in [5.41, 5.74) is 2.67. The van der Waals surface area contributed by atoms with E-state index in [0.717, 1.165) is 16.8 Å². The molecule has 0 saturated heterocycles. The zero-order chi connectivity index (χ0) is 16.0. The summed E-state index contributed by atoms with van der Waals surface area (Å²) in [6.07, 6.45) is 1.27. The number of carbonyl (C=O) groups excluding carboxylic acids is 1. The van der Waals surface area contributed by atoms with Crippen molar-refractivity contribution in [2.24, 2.45) is 0 Å². The number of nitrogens with zero attached hydrogens (tertiary/aromatic N) is 1. The summed E-state index contributed by atoms with van der Waals surface area (Å²) < 4.78 is 0. The highest BCUT2D eigenvalue weighted by Gasteiger charge is 2.17. The van der Waals surface area contributed by atoms with Gasteiger partial charge in [0, 0.05) is 11.9 Å². The first-order valence-electron chi connectivity index (χ1n) is 6.33. The van der Waals surface area contributed by atoms with Gasteiger partial charge in [-0.1, -0.05) is 12.1 Å². The molecule has 0 aliphatic carbocycles.